The van der Waals surface area contributed by atoms with E-state index in [-0.39, 0.29) is 5.60 Å². The maximum atomic E-state index is 6.09. The SMILES string of the molecule is CCCNCc1ccn(C2CCOC3(CCSC3)C2)n1. The van der Waals surface area contributed by atoms with Gasteiger partial charge in [-0.1, -0.05) is 6.92 Å². The summed E-state index contributed by atoms with van der Waals surface area (Å²) in [5.41, 5.74) is 1.29. The zero-order chi connectivity index (χ0) is 13.8. The fraction of sp³-hybridized carbons (Fsp3) is 0.800. The molecule has 5 heteroatoms. The molecule has 0 aromatic carbocycles. The predicted octanol–water partition coefficient (Wildman–Crippen LogP) is 2.61. The lowest BCUT2D eigenvalue weighted by atomic mass is 9.90. The van der Waals surface area contributed by atoms with Gasteiger partial charge in [0.25, 0.3) is 0 Å². The summed E-state index contributed by atoms with van der Waals surface area (Å²) in [6.07, 6.45) is 6.75. The summed E-state index contributed by atoms with van der Waals surface area (Å²) in [7, 11) is 0. The summed E-state index contributed by atoms with van der Waals surface area (Å²) < 4.78 is 8.27. The number of hydrogen-bond donors (Lipinski definition) is 1. The standard InChI is InChI=1S/C15H25N3OS/c1-2-6-16-11-13-3-7-18(17-13)14-4-8-19-15(10-14)5-9-20-12-15/h3,7,14,16H,2,4-6,8-12H2,1H3. The van der Waals surface area contributed by atoms with Gasteiger partial charge in [0.05, 0.1) is 17.3 Å². The van der Waals surface area contributed by atoms with Crippen molar-refractivity contribution in [1.29, 1.82) is 0 Å². The molecule has 2 aliphatic rings. The third-order valence-corrected chi connectivity index (χ3v) is 5.53. The monoisotopic (exact) mass is 295 g/mol. The van der Waals surface area contributed by atoms with E-state index in [1.54, 1.807) is 0 Å². The molecule has 1 spiro atoms. The molecule has 1 aromatic heterocycles. The van der Waals surface area contributed by atoms with Crippen LogP contribution in [0.3, 0.4) is 0 Å². The Morgan fingerprint density at radius 2 is 2.55 bits per heavy atom. The average molecular weight is 295 g/mol. The number of aromatic nitrogens is 2. The molecule has 0 amide bonds. The Morgan fingerprint density at radius 1 is 1.60 bits per heavy atom. The van der Waals surface area contributed by atoms with Crippen molar-refractivity contribution in [1.82, 2.24) is 15.1 Å². The van der Waals surface area contributed by atoms with Crippen LogP contribution in [0.4, 0.5) is 0 Å². The first-order valence-corrected chi connectivity index (χ1v) is 8.93. The summed E-state index contributed by atoms with van der Waals surface area (Å²) in [5, 5.41) is 8.16. The molecule has 0 saturated carbocycles. The molecule has 20 heavy (non-hydrogen) atoms. The van der Waals surface area contributed by atoms with Crippen LogP contribution >= 0.6 is 11.8 Å². The number of ether oxygens (including phenoxy) is 1. The van der Waals surface area contributed by atoms with Crippen molar-refractivity contribution in [3.8, 4) is 0 Å². The van der Waals surface area contributed by atoms with Gasteiger partial charge in [0.15, 0.2) is 0 Å². The molecular formula is C15H25N3OS. The topological polar surface area (TPSA) is 39.1 Å². The summed E-state index contributed by atoms with van der Waals surface area (Å²) in [6.45, 7) is 5.01. The maximum Gasteiger partial charge on any atom is 0.0800 e. The van der Waals surface area contributed by atoms with E-state index >= 15 is 0 Å². The molecule has 0 aliphatic carbocycles. The van der Waals surface area contributed by atoms with Crippen LogP contribution in [0.5, 0.6) is 0 Å². The second kappa shape index (κ2) is 6.50. The van der Waals surface area contributed by atoms with Gasteiger partial charge in [0.1, 0.15) is 0 Å². The highest BCUT2D eigenvalue weighted by Crippen LogP contribution is 2.41. The van der Waals surface area contributed by atoms with Gasteiger partial charge in [0.2, 0.25) is 0 Å². The van der Waals surface area contributed by atoms with Crippen molar-refractivity contribution in [3.63, 3.8) is 0 Å². The summed E-state index contributed by atoms with van der Waals surface area (Å²) in [4.78, 5) is 0. The van der Waals surface area contributed by atoms with Gasteiger partial charge in [-0.2, -0.15) is 16.9 Å². The molecule has 2 fully saturated rings. The van der Waals surface area contributed by atoms with E-state index in [0.29, 0.717) is 6.04 Å². The molecular weight excluding hydrogens is 270 g/mol. The minimum absolute atomic E-state index is 0.139. The third kappa shape index (κ3) is 3.21. The molecule has 0 bridgehead atoms. The largest absolute Gasteiger partial charge is 0.374 e. The van der Waals surface area contributed by atoms with Crippen molar-refractivity contribution < 1.29 is 4.74 Å². The molecule has 2 atom stereocenters. The molecule has 3 heterocycles. The quantitative estimate of drug-likeness (QED) is 0.848. The molecule has 2 unspecified atom stereocenters. The van der Waals surface area contributed by atoms with Crippen molar-refractivity contribution >= 4 is 11.8 Å². The van der Waals surface area contributed by atoms with Crippen LogP contribution in [0.1, 0.15) is 44.3 Å². The normalized spacial score (nSPS) is 30.1. The number of thioether (sulfide) groups is 1. The van der Waals surface area contributed by atoms with Crippen molar-refractivity contribution in [2.75, 3.05) is 24.7 Å². The first kappa shape index (κ1) is 14.4. The van der Waals surface area contributed by atoms with Gasteiger partial charge in [-0.3, -0.25) is 4.68 Å². The van der Waals surface area contributed by atoms with Crippen molar-refractivity contribution in [2.45, 2.75) is 50.8 Å². The van der Waals surface area contributed by atoms with E-state index in [1.165, 1.54) is 18.6 Å². The van der Waals surface area contributed by atoms with E-state index in [2.05, 4.69) is 29.2 Å². The van der Waals surface area contributed by atoms with E-state index in [0.717, 1.165) is 44.0 Å². The minimum atomic E-state index is 0.139. The van der Waals surface area contributed by atoms with Crippen LogP contribution in [0, 0.1) is 0 Å². The van der Waals surface area contributed by atoms with E-state index in [1.807, 2.05) is 11.8 Å². The second-order valence-electron chi connectivity index (χ2n) is 5.94. The third-order valence-electron chi connectivity index (χ3n) is 4.30. The Bertz CT molecular complexity index is 429. The van der Waals surface area contributed by atoms with Crippen LogP contribution < -0.4 is 5.32 Å². The van der Waals surface area contributed by atoms with E-state index in [4.69, 9.17) is 9.84 Å². The van der Waals surface area contributed by atoms with Crippen LogP contribution in [0.2, 0.25) is 0 Å². The fourth-order valence-electron chi connectivity index (χ4n) is 3.16. The molecule has 2 aliphatic heterocycles. The number of nitrogens with zero attached hydrogens (tertiary/aromatic N) is 2. The van der Waals surface area contributed by atoms with E-state index in [9.17, 15) is 0 Å². The molecule has 0 radical (unpaired) electrons. The first-order chi connectivity index (χ1) is 9.81. The Balaban J connectivity index is 1.60. The molecule has 2 saturated heterocycles. The Hall–Kier alpha value is -0.520. The van der Waals surface area contributed by atoms with Gasteiger partial charge < -0.3 is 10.1 Å². The maximum absolute atomic E-state index is 6.09. The van der Waals surface area contributed by atoms with Gasteiger partial charge in [0, 0.05) is 25.1 Å². The van der Waals surface area contributed by atoms with Crippen molar-refractivity contribution in [2.24, 2.45) is 0 Å². The lowest BCUT2D eigenvalue weighted by molar-refractivity contribution is -0.0778. The number of hydrogen-bond acceptors (Lipinski definition) is 4. The van der Waals surface area contributed by atoms with Crippen LogP contribution in [0.25, 0.3) is 0 Å². The predicted molar refractivity (Wildman–Crippen MR) is 83.1 cm³/mol. The Labute approximate surface area is 125 Å². The smallest absolute Gasteiger partial charge is 0.0800 e. The summed E-state index contributed by atoms with van der Waals surface area (Å²) in [5.74, 6) is 2.41. The number of rotatable bonds is 5. The molecule has 112 valence electrons. The summed E-state index contributed by atoms with van der Waals surface area (Å²) >= 11 is 2.03. The van der Waals surface area contributed by atoms with Gasteiger partial charge >= 0.3 is 0 Å². The van der Waals surface area contributed by atoms with Crippen LogP contribution in [-0.2, 0) is 11.3 Å². The van der Waals surface area contributed by atoms with Crippen molar-refractivity contribution in [3.05, 3.63) is 18.0 Å². The highest BCUT2D eigenvalue weighted by molar-refractivity contribution is 7.99. The molecule has 3 rings (SSSR count). The first-order valence-electron chi connectivity index (χ1n) is 7.78. The molecule has 1 aromatic rings. The fourth-order valence-corrected chi connectivity index (χ4v) is 4.54. The molecule has 1 N–H and O–H groups in total. The highest BCUT2D eigenvalue weighted by Gasteiger charge is 2.41. The summed E-state index contributed by atoms with van der Waals surface area (Å²) in [6, 6.07) is 2.66. The second-order valence-corrected chi connectivity index (χ2v) is 7.05. The van der Waals surface area contributed by atoms with Gasteiger partial charge in [-0.25, -0.2) is 0 Å². The molecule has 4 nitrogen and oxygen atoms in total. The zero-order valence-electron chi connectivity index (χ0n) is 12.3. The number of nitrogens with one attached hydrogen (secondary N) is 1. The Kier molecular flexibility index (Phi) is 4.68. The average Bonchev–Trinajstić information content (AvgIpc) is 3.09. The highest BCUT2D eigenvalue weighted by atomic mass is 32.2. The Morgan fingerprint density at radius 3 is 3.35 bits per heavy atom. The van der Waals surface area contributed by atoms with Gasteiger partial charge in [-0.05, 0) is 44.0 Å². The van der Waals surface area contributed by atoms with Crippen LogP contribution in [0.15, 0.2) is 12.3 Å². The van der Waals surface area contributed by atoms with Crippen LogP contribution in [-0.4, -0.2) is 40.0 Å². The lowest BCUT2D eigenvalue weighted by Gasteiger charge is -2.37. The van der Waals surface area contributed by atoms with E-state index < -0.39 is 0 Å². The minimum Gasteiger partial charge on any atom is -0.374 e. The van der Waals surface area contributed by atoms with Gasteiger partial charge in [-0.15, -0.1) is 0 Å². The lowest BCUT2D eigenvalue weighted by Crippen LogP contribution is -2.40. The zero-order valence-corrected chi connectivity index (χ0v) is 13.1.